The number of hydrogen-bond acceptors (Lipinski definition) is 1. The lowest BCUT2D eigenvalue weighted by molar-refractivity contribution is 0.416. The van der Waals surface area contributed by atoms with Crippen molar-refractivity contribution in [3.8, 4) is 11.1 Å². The minimum Gasteiger partial charge on any atom is -0.465 e. The summed E-state index contributed by atoms with van der Waals surface area (Å²) in [4.78, 5) is 0. The van der Waals surface area contributed by atoms with Gasteiger partial charge in [-0.2, -0.15) is 0 Å². The summed E-state index contributed by atoms with van der Waals surface area (Å²) in [6.45, 7) is 11.7. The van der Waals surface area contributed by atoms with E-state index in [1.54, 1.807) is 0 Å². The Balaban J connectivity index is 2.07. The molecule has 0 bridgehead atoms. The van der Waals surface area contributed by atoms with E-state index >= 15 is 0 Å². The minimum atomic E-state index is -0.116. The number of benzene rings is 2. The molecule has 0 saturated heterocycles. The molecule has 2 heterocycles. The molecule has 0 spiro atoms. The van der Waals surface area contributed by atoms with E-state index in [0.717, 1.165) is 11.5 Å². The van der Waals surface area contributed by atoms with Crippen LogP contribution in [0.4, 0.5) is 0 Å². The van der Waals surface area contributed by atoms with Gasteiger partial charge in [-0.15, -0.1) is 0 Å². The first-order valence-corrected chi connectivity index (χ1v) is 9.21. The third-order valence-electron chi connectivity index (χ3n) is 5.70. The molecule has 4 rings (SSSR count). The highest BCUT2D eigenvalue weighted by Crippen LogP contribution is 2.40. The molecular weight excluding hydrogens is 303 g/mol. The van der Waals surface area contributed by atoms with Gasteiger partial charge in [-0.25, -0.2) is 0 Å². The maximum absolute atomic E-state index is 6.44. The molecule has 0 radical (unpaired) electrons. The van der Waals surface area contributed by atoms with Crippen molar-refractivity contribution < 1.29 is 4.42 Å². The summed E-state index contributed by atoms with van der Waals surface area (Å²) in [5.74, 6) is 2.68. The van der Waals surface area contributed by atoms with E-state index in [4.69, 9.17) is 4.42 Å². The largest absolute Gasteiger partial charge is 0.465 e. The summed E-state index contributed by atoms with van der Waals surface area (Å²) in [5.41, 5.74) is 6.67. The summed E-state index contributed by atoms with van der Waals surface area (Å²) >= 11 is 0. The number of fused-ring (bicyclic) bond motifs is 2. The minimum absolute atomic E-state index is 0.116. The van der Waals surface area contributed by atoms with Crippen LogP contribution in [-0.4, -0.2) is 6.71 Å². The molecule has 1 nitrogen and oxygen atoms in total. The van der Waals surface area contributed by atoms with E-state index in [2.05, 4.69) is 89.2 Å². The highest BCUT2D eigenvalue weighted by molar-refractivity contribution is 6.88. The Hall–Kier alpha value is -2.22. The standard InChI is InChI=1S/C23H25BO/c1-15(2)24-19-14-10-9-13-18(19)23(4,5)22-21(24)20(16(3)25-22)17-11-7-6-8-12-17/h6-15H,1-5H3. The molecule has 1 aliphatic heterocycles. The maximum atomic E-state index is 6.44. The second-order valence-corrected chi connectivity index (χ2v) is 8.08. The zero-order valence-corrected chi connectivity index (χ0v) is 15.8. The van der Waals surface area contributed by atoms with E-state index < -0.39 is 0 Å². The van der Waals surface area contributed by atoms with E-state index in [1.165, 1.54) is 27.6 Å². The zero-order chi connectivity index (χ0) is 17.8. The summed E-state index contributed by atoms with van der Waals surface area (Å²) in [6.07, 6.45) is 0. The van der Waals surface area contributed by atoms with Gasteiger partial charge in [0.15, 0.2) is 0 Å². The summed E-state index contributed by atoms with van der Waals surface area (Å²) < 4.78 is 6.44. The maximum Gasteiger partial charge on any atom is 0.217 e. The predicted octanol–water partition coefficient (Wildman–Crippen LogP) is 4.91. The predicted molar refractivity (Wildman–Crippen MR) is 108 cm³/mol. The van der Waals surface area contributed by atoms with Gasteiger partial charge in [0.25, 0.3) is 0 Å². The van der Waals surface area contributed by atoms with Crippen LogP contribution >= 0.6 is 0 Å². The topological polar surface area (TPSA) is 13.1 Å². The zero-order valence-electron chi connectivity index (χ0n) is 15.8. The highest BCUT2D eigenvalue weighted by atomic mass is 16.3. The average Bonchev–Trinajstić information content (AvgIpc) is 2.93. The molecule has 0 atom stereocenters. The van der Waals surface area contributed by atoms with Crippen LogP contribution in [0.1, 0.15) is 44.8 Å². The Kier molecular flexibility index (Phi) is 3.68. The van der Waals surface area contributed by atoms with Gasteiger partial charge < -0.3 is 4.42 Å². The van der Waals surface area contributed by atoms with Crippen LogP contribution in [0.5, 0.6) is 0 Å². The van der Waals surface area contributed by atoms with E-state index in [9.17, 15) is 0 Å². The van der Waals surface area contributed by atoms with Crippen LogP contribution in [0.15, 0.2) is 59.0 Å². The van der Waals surface area contributed by atoms with Gasteiger partial charge in [0.1, 0.15) is 11.5 Å². The van der Waals surface area contributed by atoms with Gasteiger partial charge >= 0.3 is 0 Å². The summed E-state index contributed by atoms with van der Waals surface area (Å²) in [5, 5.41) is 0. The van der Waals surface area contributed by atoms with Crippen LogP contribution in [-0.2, 0) is 5.41 Å². The highest BCUT2D eigenvalue weighted by Gasteiger charge is 2.45. The van der Waals surface area contributed by atoms with Gasteiger partial charge in [0.2, 0.25) is 6.71 Å². The molecule has 1 aliphatic rings. The summed E-state index contributed by atoms with van der Waals surface area (Å²) in [7, 11) is 0. The van der Waals surface area contributed by atoms with E-state index in [-0.39, 0.29) is 5.41 Å². The molecule has 2 heteroatoms. The Bertz CT molecular complexity index is 919. The molecular formula is C23H25BO. The molecule has 0 amide bonds. The van der Waals surface area contributed by atoms with Crippen molar-refractivity contribution in [2.24, 2.45) is 0 Å². The molecule has 0 aliphatic carbocycles. The third kappa shape index (κ3) is 2.31. The number of rotatable bonds is 2. The third-order valence-corrected chi connectivity index (χ3v) is 5.70. The molecule has 126 valence electrons. The molecule has 25 heavy (non-hydrogen) atoms. The van der Waals surface area contributed by atoms with Crippen molar-refractivity contribution >= 4 is 17.6 Å². The first-order valence-electron chi connectivity index (χ1n) is 9.21. The van der Waals surface area contributed by atoms with Crippen LogP contribution in [0.2, 0.25) is 5.82 Å². The van der Waals surface area contributed by atoms with Crippen molar-refractivity contribution in [2.45, 2.75) is 45.9 Å². The number of hydrogen-bond donors (Lipinski definition) is 0. The lowest BCUT2D eigenvalue weighted by Crippen LogP contribution is -2.55. The second kappa shape index (κ2) is 5.66. The SMILES string of the molecule is Cc1oc2c(c1-c1ccccc1)B(C(C)C)c1ccccc1C2(C)C. The van der Waals surface area contributed by atoms with Crippen molar-refractivity contribution in [2.75, 3.05) is 0 Å². The monoisotopic (exact) mass is 328 g/mol. The molecule has 0 N–H and O–H groups in total. The van der Waals surface area contributed by atoms with Crippen LogP contribution in [0.25, 0.3) is 11.1 Å². The number of furan rings is 1. The Morgan fingerprint density at radius 3 is 2.24 bits per heavy atom. The molecule has 2 aromatic carbocycles. The molecule has 3 aromatic rings. The molecule has 0 fully saturated rings. The Labute approximate surface area is 151 Å². The first kappa shape index (κ1) is 16.3. The summed E-state index contributed by atoms with van der Waals surface area (Å²) in [6, 6.07) is 19.6. The van der Waals surface area contributed by atoms with Crippen LogP contribution in [0.3, 0.4) is 0 Å². The van der Waals surface area contributed by atoms with Gasteiger partial charge in [-0.1, -0.05) is 79.7 Å². The quantitative estimate of drug-likeness (QED) is 0.609. The van der Waals surface area contributed by atoms with Crippen LogP contribution in [0, 0.1) is 6.92 Å². The van der Waals surface area contributed by atoms with E-state index in [1.807, 2.05) is 0 Å². The van der Waals surface area contributed by atoms with Crippen molar-refractivity contribution in [1.82, 2.24) is 0 Å². The fourth-order valence-corrected chi connectivity index (χ4v) is 4.59. The van der Waals surface area contributed by atoms with Gasteiger partial charge in [0, 0.05) is 11.0 Å². The second-order valence-electron chi connectivity index (χ2n) is 8.08. The van der Waals surface area contributed by atoms with Gasteiger partial charge in [-0.3, -0.25) is 0 Å². The van der Waals surface area contributed by atoms with Crippen molar-refractivity contribution in [3.05, 3.63) is 71.7 Å². The lowest BCUT2D eigenvalue weighted by Gasteiger charge is -2.36. The fourth-order valence-electron chi connectivity index (χ4n) is 4.59. The normalized spacial score (nSPS) is 15.2. The Morgan fingerprint density at radius 2 is 1.56 bits per heavy atom. The van der Waals surface area contributed by atoms with Crippen molar-refractivity contribution in [1.29, 1.82) is 0 Å². The van der Waals surface area contributed by atoms with Gasteiger partial charge in [-0.05, 0) is 37.4 Å². The Morgan fingerprint density at radius 1 is 0.920 bits per heavy atom. The smallest absolute Gasteiger partial charge is 0.217 e. The molecule has 1 aromatic heterocycles. The molecule has 0 saturated carbocycles. The van der Waals surface area contributed by atoms with Crippen molar-refractivity contribution in [3.63, 3.8) is 0 Å². The lowest BCUT2D eigenvalue weighted by atomic mass is 9.30. The first-order chi connectivity index (χ1) is 11.9. The average molecular weight is 328 g/mol. The molecule has 0 unspecified atom stereocenters. The van der Waals surface area contributed by atoms with Crippen LogP contribution < -0.4 is 10.9 Å². The number of aryl methyl sites for hydroxylation is 1. The fraction of sp³-hybridized carbons (Fsp3) is 0.304. The van der Waals surface area contributed by atoms with Gasteiger partial charge in [0.05, 0.1) is 0 Å². The van der Waals surface area contributed by atoms with E-state index in [0.29, 0.717) is 12.5 Å².